The molecule has 2 aliphatic heterocycles. The van der Waals surface area contributed by atoms with Gasteiger partial charge in [0.1, 0.15) is 23.8 Å². The Morgan fingerprint density at radius 2 is 1.60 bits per heavy atom. The Labute approximate surface area is 244 Å². The molecule has 0 unspecified atom stereocenters. The minimum atomic E-state index is -1.74. The number of aliphatic hydroxyl groups excluding tert-OH is 1. The van der Waals surface area contributed by atoms with Gasteiger partial charge in [-0.2, -0.15) is 0 Å². The summed E-state index contributed by atoms with van der Waals surface area (Å²) in [4.78, 5) is 45.2. The lowest BCUT2D eigenvalue weighted by Gasteiger charge is -2.50. The number of aliphatic hydroxyl groups is 2. The number of carbonyl (C=O) groups is 3. The van der Waals surface area contributed by atoms with E-state index in [0.29, 0.717) is 6.29 Å². The summed E-state index contributed by atoms with van der Waals surface area (Å²) in [5, 5.41) is 33.5. The first-order valence-electron chi connectivity index (χ1n) is 13.1. The van der Waals surface area contributed by atoms with Crippen molar-refractivity contribution in [3.63, 3.8) is 0 Å². The first-order chi connectivity index (χ1) is 20.4. The number of rotatable bonds is 10. The summed E-state index contributed by atoms with van der Waals surface area (Å²) in [6.07, 6.45) is -7.29. The van der Waals surface area contributed by atoms with Crippen molar-refractivity contribution < 1.29 is 48.3 Å². The van der Waals surface area contributed by atoms with Crippen molar-refractivity contribution in [2.45, 2.75) is 100 Å². The number of carbonyl (C=O) groups excluding carboxylic acids is 3. The van der Waals surface area contributed by atoms with E-state index in [2.05, 4.69) is 30.1 Å². The van der Waals surface area contributed by atoms with Crippen molar-refractivity contribution in [2.75, 3.05) is 13.7 Å². The molecular weight excluding hydrogens is 576 g/mol. The number of allylic oxidation sites excluding steroid dienone is 1. The highest BCUT2D eigenvalue weighted by Gasteiger charge is 2.55. The number of aldehydes is 1. The zero-order valence-corrected chi connectivity index (χ0v) is 23.7. The van der Waals surface area contributed by atoms with Gasteiger partial charge >= 0.3 is 5.97 Å². The summed E-state index contributed by atoms with van der Waals surface area (Å²) in [5.74, 6) is -1.38. The van der Waals surface area contributed by atoms with Gasteiger partial charge in [0.25, 0.3) is 0 Å². The fraction of sp³-hybridized carbons (Fsp3) is 0.783. The topological polar surface area (TPSA) is 287 Å². The molecule has 2 heterocycles. The van der Waals surface area contributed by atoms with Gasteiger partial charge in [-0.3, -0.25) is 14.4 Å². The van der Waals surface area contributed by atoms with Crippen LogP contribution in [-0.4, -0.2) is 114 Å². The van der Waals surface area contributed by atoms with Gasteiger partial charge in [0.05, 0.1) is 30.9 Å². The summed E-state index contributed by atoms with van der Waals surface area (Å²) >= 11 is 0. The van der Waals surface area contributed by atoms with Crippen LogP contribution in [0.3, 0.4) is 0 Å². The largest absolute Gasteiger partial charge is 0.461 e. The van der Waals surface area contributed by atoms with Crippen LogP contribution in [-0.2, 0) is 38.1 Å². The van der Waals surface area contributed by atoms with E-state index in [0.717, 1.165) is 11.8 Å². The van der Waals surface area contributed by atoms with E-state index in [4.69, 9.17) is 29.2 Å². The van der Waals surface area contributed by atoms with Gasteiger partial charge in [-0.25, -0.2) is 0 Å². The summed E-state index contributed by atoms with van der Waals surface area (Å²) in [5.41, 5.74) is 25.7. The Morgan fingerprint density at radius 3 is 2.12 bits per heavy atom. The molecule has 0 aromatic heterocycles. The number of azide groups is 3. The standard InChI is InChI=1S/C23H32N10O10/c1-10(35)33(4)20-19(40-11(2)36)22(39-9-23(20,3)38)43-18-15(29-32-26)7-14(28-31-25)17(16(18)37)42-21-13(27-30-24)6-5-12(8-34)41-21/h5,8,13-22,37-38H,6-7,9H2,1-4H3/t13-,14+,15-,16+,17-,18+,19-,20-,21-,22-,23+/m1/s1. The van der Waals surface area contributed by atoms with Crippen molar-refractivity contribution in [3.05, 3.63) is 43.2 Å². The molecule has 0 aromatic carbocycles. The molecule has 43 heavy (non-hydrogen) atoms. The normalized spacial score (nSPS) is 37.1. The van der Waals surface area contributed by atoms with Crippen LogP contribution in [0.1, 0.15) is 33.6 Å². The van der Waals surface area contributed by atoms with E-state index in [1.165, 1.54) is 27.0 Å². The number of esters is 1. The number of likely N-dealkylation sites (N-methyl/N-ethyl adjacent to an activating group) is 1. The molecule has 0 aromatic rings. The highest BCUT2D eigenvalue weighted by atomic mass is 16.7. The van der Waals surface area contributed by atoms with E-state index >= 15 is 0 Å². The molecule has 2 fully saturated rings. The second kappa shape index (κ2) is 14.4. The van der Waals surface area contributed by atoms with Crippen LogP contribution in [0.4, 0.5) is 0 Å². The predicted octanol–water partition coefficient (Wildman–Crippen LogP) is 1.27. The molecule has 0 radical (unpaired) electrons. The quantitative estimate of drug-likeness (QED) is 0.118. The zero-order valence-electron chi connectivity index (χ0n) is 23.7. The van der Waals surface area contributed by atoms with Crippen molar-refractivity contribution in [2.24, 2.45) is 15.3 Å². The second-order valence-corrected chi connectivity index (χ2v) is 10.4. The fourth-order valence-electron chi connectivity index (χ4n) is 5.33. The van der Waals surface area contributed by atoms with Crippen molar-refractivity contribution in [3.8, 4) is 0 Å². The van der Waals surface area contributed by atoms with Gasteiger partial charge in [0.15, 0.2) is 24.4 Å². The van der Waals surface area contributed by atoms with Crippen molar-refractivity contribution >= 4 is 18.2 Å². The molecule has 0 spiro atoms. The van der Waals surface area contributed by atoms with Gasteiger partial charge in [-0.15, -0.1) is 0 Å². The highest BCUT2D eigenvalue weighted by Crippen LogP contribution is 2.37. The Bertz CT molecular complexity index is 1250. The van der Waals surface area contributed by atoms with Crippen LogP contribution in [0.5, 0.6) is 0 Å². The Morgan fingerprint density at radius 1 is 1.05 bits per heavy atom. The maximum absolute atomic E-state index is 12.3. The highest BCUT2D eigenvalue weighted by molar-refractivity contribution is 5.73. The van der Waals surface area contributed by atoms with E-state index in [-0.39, 0.29) is 18.6 Å². The first kappa shape index (κ1) is 33.4. The van der Waals surface area contributed by atoms with Crippen molar-refractivity contribution in [1.82, 2.24) is 4.90 Å². The molecule has 0 bridgehead atoms. The van der Waals surface area contributed by atoms with E-state index in [1.54, 1.807) is 0 Å². The Hall–Kier alpha value is -4.12. The van der Waals surface area contributed by atoms with Crippen LogP contribution >= 0.6 is 0 Å². The van der Waals surface area contributed by atoms with Gasteiger partial charge in [-0.05, 0) is 42.4 Å². The molecule has 234 valence electrons. The van der Waals surface area contributed by atoms with Gasteiger partial charge in [0.2, 0.25) is 12.2 Å². The number of hydrogen-bond donors (Lipinski definition) is 2. The lowest BCUT2D eigenvalue weighted by atomic mass is 9.83. The maximum atomic E-state index is 12.3. The lowest BCUT2D eigenvalue weighted by Crippen LogP contribution is -2.69. The smallest absolute Gasteiger partial charge is 0.303 e. The van der Waals surface area contributed by atoms with Crippen LogP contribution in [0.15, 0.2) is 27.2 Å². The van der Waals surface area contributed by atoms with Crippen LogP contribution in [0.2, 0.25) is 0 Å². The first-order valence-corrected chi connectivity index (χ1v) is 13.1. The van der Waals surface area contributed by atoms with E-state index in [9.17, 15) is 35.7 Å². The number of ether oxygens (including phenoxy) is 5. The van der Waals surface area contributed by atoms with Crippen LogP contribution in [0, 0.1) is 0 Å². The summed E-state index contributed by atoms with van der Waals surface area (Å²) < 4.78 is 28.6. The fourth-order valence-corrected chi connectivity index (χ4v) is 5.33. The Kier molecular flexibility index (Phi) is 11.2. The third-order valence-corrected chi connectivity index (χ3v) is 7.31. The van der Waals surface area contributed by atoms with Gasteiger partial charge < -0.3 is 38.8 Å². The lowest BCUT2D eigenvalue weighted by molar-refractivity contribution is -0.311. The summed E-state index contributed by atoms with van der Waals surface area (Å²) in [6, 6.07) is -4.48. The monoisotopic (exact) mass is 608 g/mol. The van der Waals surface area contributed by atoms with E-state index in [1.807, 2.05) is 0 Å². The van der Waals surface area contributed by atoms with Gasteiger partial charge in [-0.1, -0.05) is 15.3 Å². The average Bonchev–Trinajstić information content (AvgIpc) is 2.94. The summed E-state index contributed by atoms with van der Waals surface area (Å²) in [6.45, 7) is 3.33. The minimum absolute atomic E-state index is 0.0596. The predicted molar refractivity (Wildman–Crippen MR) is 141 cm³/mol. The molecule has 3 rings (SSSR count). The average molecular weight is 609 g/mol. The number of hydrogen-bond acceptors (Lipinski definition) is 13. The molecule has 1 amide bonds. The molecule has 2 N–H and O–H groups in total. The van der Waals surface area contributed by atoms with E-state index < -0.39 is 85.2 Å². The SMILES string of the molecule is CC(=O)O[C@H]1[C@@H](O[C@@H]2[C@@H](O)[C@H](O[C@H]3OC(C=O)=CC[C@H]3N=[N+]=[N-])[C@@H](N=[N+]=[N-])C[C@H]2N=[N+]=[N-])OC[C@](C)(O)[C@@H]1N(C)C(C)=O. The third kappa shape index (κ3) is 7.64. The van der Waals surface area contributed by atoms with Gasteiger partial charge in [0, 0.05) is 35.6 Å². The molecular formula is C23H32N10O10. The maximum Gasteiger partial charge on any atom is 0.303 e. The minimum Gasteiger partial charge on any atom is -0.461 e. The van der Waals surface area contributed by atoms with Crippen molar-refractivity contribution in [1.29, 1.82) is 0 Å². The molecule has 1 saturated heterocycles. The number of amides is 1. The number of nitrogens with zero attached hydrogens (tertiary/aromatic N) is 10. The zero-order chi connectivity index (χ0) is 31.9. The third-order valence-electron chi connectivity index (χ3n) is 7.31. The second-order valence-electron chi connectivity index (χ2n) is 10.4. The molecule has 11 atom stereocenters. The molecule has 3 aliphatic rings. The molecule has 1 saturated carbocycles. The molecule has 20 heteroatoms. The Balaban J connectivity index is 2.00. The molecule has 20 nitrogen and oxygen atoms in total. The molecule has 1 aliphatic carbocycles. The summed E-state index contributed by atoms with van der Waals surface area (Å²) in [7, 11) is 1.39. The van der Waals surface area contributed by atoms with Crippen LogP contribution < -0.4 is 0 Å². The van der Waals surface area contributed by atoms with Crippen LogP contribution in [0.25, 0.3) is 31.3 Å².